The Morgan fingerprint density at radius 2 is 1.86 bits per heavy atom. The van der Waals surface area contributed by atoms with E-state index in [0.717, 1.165) is 37.9 Å². The minimum absolute atomic E-state index is 0.105. The number of piperidine rings is 1. The van der Waals surface area contributed by atoms with Crippen molar-refractivity contribution in [1.29, 1.82) is 0 Å². The number of hydrogen-bond acceptors (Lipinski definition) is 5. The van der Waals surface area contributed by atoms with Crippen molar-refractivity contribution in [2.24, 2.45) is 5.10 Å². The van der Waals surface area contributed by atoms with E-state index in [0.29, 0.717) is 11.3 Å². The van der Waals surface area contributed by atoms with E-state index >= 15 is 0 Å². The summed E-state index contributed by atoms with van der Waals surface area (Å²) in [6, 6.07) is 4.58. The van der Waals surface area contributed by atoms with Gasteiger partial charge in [-0.05, 0) is 59.1 Å². The molecule has 0 aromatic heterocycles. The number of ether oxygens (including phenoxy) is 1. The Bertz CT molecular complexity index is 833. The first-order chi connectivity index (χ1) is 13.4. The molecule has 1 aromatic carbocycles. The Balaban J connectivity index is 2.54. The highest BCUT2D eigenvalue weighted by Gasteiger charge is 2.51. The number of halogens is 3. The number of anilines is 1. The zero-order valence-corrected chi connectivity index (χ0v) is 18.0. The Morgan fingerprint density at radius 1 is 1.24 bits per heavy atom. The normalized spacial score (nSPS) is 16.4. The van der Waals surface area contributed by atoms with Crippen LogP contribution in [0.5, 0.6) is 0 Å². The number of hydrogen-bond donors (Lipinski definition) is 0. The Kier molecular flexibility index (Phi) is 7.56. The first-order valence-corrected chi connectivity index (χ1v) is 11.0. The second-order valence-corrected chi connectivity index (χ2v) is 9.22. The van der Waals surface area contributed by atoms with Gasteiger partial charge in [-0.15, -0.1) is 0 Å². The second-order valence-electron chi connectivity index (χ2n) is 7.36. The summed E-state index contributed by atoms with van der Waals surface area (Å²) in [7, 11) is -5.65. The second kappa shape index (κ2) is 9.34. The maximum absolute atomic E-state index is 13.4. The highest BCUT2D eigenvalue weighted by Crippen LogP contribution is 2.33. The van der Waals surface area contributed by atoms with Crippen LogP contribution < -0.4 is 4.31 Å². The maximum atomic E-state index is 13.4. The molecule has 29 heavy (non-hydrogen) atoms. The van der Waals surface area contributed by atoms with Crippen LogP contribution in [0.3, 0.4) is 0 Å². The Labute approximate surface area is 170 Å². The van der Waals surface area contributed by atoms with Crippen LogP contribution in [0.25, 0.3) is 0 Å². The van der Waals surface area contributed by atoms with Gasteiger partial charge >= 0.3 is 15.5 Å². The third kappa shape index (κ3) is 5.85. The van der Waals surface area contributed by atoms with E-state index in [2.05, 4.69) is 5.10 Å². The summed E-state index contributed by atoms with van der Waals surface area (Å²) in [6.07, 6.45) is 2.66. The summed E-state index contributed by atoms with van der Waals surface area (Å²) in [5.41, 5.74) is -3.99. The number of benzene rings is 1. The Hall–Kier alpha value is -1.81. The van der Waals surface area contributed by atoms with E-state index in [-0.39, 0.29) is 9.99 Å². The van der Waals surface area contributed by atoms with Crippen LogP contribution in [-0.4, -0.2) is 50.6 Å². The average Bonchev–Trinajstić information content (AvgIpc) is 2.62. The fourth-order valence-electron chi connectivity index (χ4n) is 3.01. The van der Waals surface area contributed by atoms with Crippen molar-refractivity contribution in [1.82, 2.24) is 5.01 Å². The van der Waals surface area contributed by atoms with Gasteiger partial charge in [-0.3, -0.25) is 5.01 Å². The molecule has 164 valence electrons. The number of hydrazone groups is 1. The molecule has 2 rings (SSSR count). The van der Waals surface area contributed by atoms with E-state index < -0.39 is 28.4 Å². The molecular formula is C19H28F3N3O3S. The maximum Gasteiger partial charge on any atom is 0.516 e. The molecule has 0 N–H and O–H groups in total. The van der Waals surface area contributed by atoms with Gasteiger partial charge in [0.05, 0.1) is 17.5 Å². The zero-order valence-electron chi connectivity index (χ0n) is 17.2. The lowest BCUT2D eigenvalue weighted by Crippen LogP contribution is -2.43. The molecule has 1 aliphatic heterocycles. The van der Waals surface area contributed by atoms with Crippen molar-refractivity contribution in [2.75, 3.05) is 24.1 Å². The lowest BCUT2D eigenvalue weighted by atomic mass is 10.1. The van der Waals surface area contributed by atoms with E-state index in [1.165, 1.54) is 6.07 Å². The molecule has 6 nitrogen and oxygen atoms in total. The number of rotatable bonds is 7. The van der Waals surface area contributed by atoms with Crippen molar-refractivity contribution >= 4 is 21.4 Å². The molecule has 0 aliphatic carbocycles. The topological polar surface area (TPSA) is 62.2 Å². The van der Waals surface area contributed by atoms with Crippen LogP contribution in [-0.2, 0) is 14.8 Å². The summed E-state index contributed by atoms with van der Waals surface area (Å²) < 4.78 is 70.2. The van der Waals surface area contributed by atoms with Gasteiger partial charge in [-0.2, -0.15) is 26.7 Å². The molecule has 0 unspecified atom stereocenters. The standard InChI is InChI=1S/C19H28F3N3O3S/c1-14(2)28-13-25(29(26,27)19(20,21)22)18-9-8-15(3)12-17(18)16(4)23-24-10-6-5-7-11-24/h8-9,12,14H,5-7,10-11,13H2,1-4H3/b23-16+. The molecule has 1 aliphatic rings. The van der Waals surface area contributed by atoms with Gasteiger partial charge in [-0.1, -0.05) is 11.6 Å². The molecular weight excluding hydrogens is 407 g/mol. The first kappa shape index (κ1) is 23.5. The lowest BCUT2D eigenvalue weighted by molar-refractivity contribution is -0.0448. The molecule has 0 amide bonds. The highest BCUT2D eigenvalue weighted by molar-refractivity contribution is 7.93. The summed E-state index contributed by atoms with van der Waals surface area (Å²) in [6.45, 7) is 7.49. The van der Waals surface area contributed by atoms with Gasteiger partial charge in [-0.25, -0.2) is 4.31 Å². The summed E-state index contributed by atoms with van der Waals surface area (Å²) >= 11 is 0. The summed E-state index contributed by atoms with van der Waals surface area (Å²) in [5, 5.41) is 6.41. The van der Waals surface area contributed by atoms with Gasteiger partial charge in [0.2, 0.25) is 0 Å². The zero-order chi connectivity index (χ0) is 21.8. The van der Waals surface area contributed by atoms with E-state index in [1.807, 2.05) is 5.01 Å². The minimum atomic E-state index is -5.65. The number of alkyl halides is 3. The van der Waals surface area contributed by atoms with Gasteiger partial charge in [0, 0.05) is 18.7 Å². The quantitative estimate of drug-likeness (QED) is 0.475. The molecule has 1 heterocycles. The van der Waals surface area contributed by atoms with Crippen molar-refractivity contribution in [3.63, 3.8) is 0 Å². The van der Waals surface area contributed by atoms with Crippen molar-refractivity contribution in [3.8, 4) is 0 Å². The molecule has 1 aromatic rings. The fraction of sp³-hybridized carbons (Fsp3) is 0.632. The number of nitrogens with zero attached hydrogens (tertiary/aromatic N) is 3. The molecule has 0 saturated carbocycles. The number of sulfonamides is 1. The SMILES string of the molecule is C/C(=N\N1CCCCC1)c1cc(C)ccc1N(COC(C)C)S(=O)(=O)C(F)(F)F. The van der Waals surface area contributed by atoms with Crippen molar-refractivity contribution in [3.05, 3.63) is 29.3 Å². The molecule has 0 bridgehead atoms. The van der Waals surface area contributed by atoms with Gasteiger partial charge < -0.3 is 4.74 Å². The average molecular weight is 436 g/mol. The van der Waals surface area contributed by atoms with Crippen LogP contribution in [0, 0.1) is 6.92 Å². The van der Waals surface area contributed by atoms with Gasteiger partial charge in [0.15, 0.2) is 0 Å². The summed E-state index contributed by atoms with van der Waals surface area (Å²) in [4.78, 5) is 0. The third-order valence-electron chi connectivity index (χ3n) is 4.54. The van der Waals surface area contributed by atoms with Crippen LogP contribution in [0.15, 0.2) is 23.3 Å². The Morgan fingerprint density at radius 3 is 2.41 bits per heavy atom. The number of aryl methyl sites for hydroxylation is 1. The molecule has 0 atom stereocenters. The molecule has 10 heteroatoms. The highest BCUT2D eigenvalue weighted by atomic mass is 32.2. The van der Waals surface area contributed by atoms with Crippen LogP contribution in [0.4, 0.5) is 18.9 Å². The van der Waals surface area contributed by atoms with Crippen molar-refractivity contribution < 1.29 is 26.3 Å². The van der Waals surface area contributed by atoms with Crippen LogP contribution >= 0.6 is 0 Å². The predicted octanol–water partition coefficient (Wildman–Crippen LogP) is 4.24. The minimum Gasteiger partial charge on any atom is -0.357 e. The predicted molar refractivity (Wildman–Crippen MR) is 107 cm³/mol. The largest absolute Gasteiger partial charge is 0.516 e. The van der Waals surface area contributed by atoms with E-state index in [4.69, 9.17) is 4.74 Å². The van der Waals surface area contributed by atoms with Crippen LogP contribution in [0.1, 0.15) is 51.2 Å². The van der Waals surface area contributed by atoms with Gasteiger partial charge in [0.1, 0.15) is 6.73 Å². The van der Waals surface area contributed by atoms with Gasteiger partial charge in [0.25, 0.3) is 0 Å². The molecule has 0 radical (unpaired) electrons. The van der Waals surface area contributed by atoms with E-state index in [1.54, 1.807) is 39.8 Å². The van der Waals surface area contributed by atoms with Crippen molar-refractivity contribution in [2.45, 2.75) is 58.6 Å². The summed E-state index contributed by atoms with van der Waals surface area (Å²) in [5.74, 6) is 0. The van der Waals surface area contributed by atoms with Crippen LogP contribution in [0.2, 0.25) is 0 Å². The molecule has 0 spiro atoms. The lowest BCUT2D eigenvalue weighted by Gasteiger charge is -2.29. The molecule has 1 saturated heterocycles. The monoisotopic (exact) mass is 435 g/mol. The molecule has 1 fully saturated rings. The smallest absolute Gasteiger partial charge is 0.357 e. The van der Waals surface area contributed by atoms with E-state index in [9.17, 15) is 21.6 Å². The fourth-order valence-corrected chi connectivity index (χ4v) is 3.88. The third-order valence-corrected chi connectivity index (χ3v) is 6.01. The first-order valence-electron chi connectivity index (χ1n) is 9.55.